The Morgan fingerprint density at radius 1 is 1.45 bits per heavy atom. The van der Waals surface area contributed by atoms with Gasteiger partial charge in [0.05, 0.1) is 0 Å². The average molecular weight is 151 g/mol. The molecule has 58 valence electrons. The minimum atomic E-state index is 0.706. The molecule has 0 unspecified atom stereocenters. The average Bonchev–Trinajstić information content (AvgIpc) is 2.58. The molecule has 1 aliphatic heterocycles. The molecule has 1 aromatic heterocycles. The first kappa shape index (κ1) is 6.48. The van der Waals surface area contributed by atoms with Crippen LogP contribution in [0.4, 0.5) is 0 Å². The third kappa shape index (κ3) is 1.27. The van der Waals surface area contributed by atoms with Crippen molar-refractivity contribution < 1.29 is 0 Å². The highest BCUT2D eigenvalue weighted by Gasteiger charge is 2.08. The summed E-state index contributed by atoms with van der Waals surface area (Å²) < 4.78 is 0. The van der Waals surface area contributed by atoms with Crippen LogP contribution in [0.1, 0.15) is 12.2 Å². The normalized spacial score (nSPS) is 18.0. The van der Waals surface area contributed by atoms with Gasteiger partial charge in [-0.3, -0.25) is 0 Å². The van der Waals surface area contributed by atoms with Crippen molar-refractivity contribution in [3.05, 3.63) is 11.9 Å². The van der Waals surface area contributed by atoms with Gasteiger partial charge < -0.3 is 5.32 Å². The molecule has 5 heteroatoms. The summed E-state index contributed by atoms with van der Waals surface area (Å²) in [4.78, 5) is 0. The van der Waals surface area contributed by atoms with Crippen molar-refractivity contribution in [2.75, 3.05) is 13.1 Å². The topological polar surface area (TPSA) is 66.5 Å². The van der Waals surface area contributed by atoms with E-state index >= 15 is 0 Å². The molecule has 0 atom stereocenters. The van der Waals surface area contributed by atoms with Crippen molar-refractivity contribution in [3.8, 4) is 0 Å². The Labute approximate surface area is 63.9 Å². The summed E-state index contributed by atoms with van der Waals surface area (Å²) in [6.45, 7) is 1.89. The molecule has 0 saturated carbocycles. The van der Waals surface area contributed by atoms with E-state index in [0.29, 0.717) is 5.82 Å². The zero-order valence-corrected chi connectivity index (χ0v) is 6.04. The van der Waals surface area contributed by atoms with E-state index in [9.17, 15) is 0 Å². The highest BCUT2D eigenvalue weighted by molar-refractivity contribution is 5.61. The SMILES string of the molecule is C1=C(c2nn[nH]n2)CNCC1. The maximum Gasteiger partial charge on any atom is 0.201 e. The summed E-state index contributed by atoms with van der Waals surface area (Å²) in [5, 5.41) is 16.9. The standard InChI is InChI=1S/C6H9N5/c1-2-5(4-7-3-1)6-8-10-11-9-6/h2,7H,1,3-4H2,(H,8,9,10,11). The Kier molecular flexibility index (Phi) is 1.64. The zero-order chi connectivity index (χ0) is 7.52. The Morgan fingerprint density at radius 2 is 2.45 bits per heavy atom. The van der Waals surface area contributed by atoms with Crippen molar-refractivity contribution in [1.29, 1.82) is 0 Å². The maximum absolute atomic E-state index is 3.88. The molecule has 1 aromatic rings. The summed E-state index contributed by atoms with van der Waals surface area (Å²) in [5.41, 5.74) is 1.13. The number of hydrogen-bond acceptors (Lipinski definition) is 4. The second-order valence-electron chi connectivity index (χ2n) is 2.43. The van der Waals surface area contributed by atoms with Gasteiger partial charge in [0.25, 0.3) is 0 Å². The Morgan fingerprint density at radius 3 is 3.09 bits per heavy atom. The summed E-state index contributed by atoms with van der Waals surface area (Å²) in [5.74, 6) is 0.706. The van der Waals surface area contributed by atoms with Gasteiger partial charge in [0.1, 0.15) is 0 Å². The van der Waals surface area contributed by atoms with Crippen LogP contribution in [0.3, 0.4) is 0 Å². The van der Waals surface area contributed by atoms with Crippen LogP contribution < -0.4 is 5.32 Å². The van der Waals surface area contributed by atoms with Gasteiger partial charge in [0, 0.05) is 12.1 Å². The maximum atomic E-state index is 3.88. The third-order valence-corrected chi connectivity index (χ3v) is 1.66. The molecule has 2 N–H and O–H groups in total. The highest BCUT2D eigenvalue weighted by Crippen LogP contribution is 2.09. The number of aromatic amines is 1. The number of nitrogens with zero attached hydrogens (tertiary/aromatic N) is 3. The second-order valence-corrected chi connectivity index (χ2v) is 2.43. The lowest BCUT2D eigenvalue weighted by molar-refractivity contribution is 0.735. The van der Waals surface area contributed by atoms with Crippen LogP contribution in [-0.4, -0.2) is 33.7 Å². The number of hydrogen-bond donors (Lipinski definition) is 2. The van der Waals surface area contributed by atoms with Crippen molar-refractivity contribution in [2.45, 2.75) is 6.42 Å². The molecule has 5 nitrogen and oxygen atoms in total. The molecule has 0 radical (unpaired) electrons. The number of nitrogens with one attached hydrogen (secondary N) is 2. The van der Waals surface area contributed by atoms with E-state index in [2.05, 4.69) is 32.0 Å². The van der Waals surface area contributed by atoms with Gasteiger partial charge in [-0.1, -0.05) is 6.08 Å². The largest absolute Gasteiger partial charge is 0.312 e. The van der Waals surface area contributed by atoms with Crippen LogP contribution >= 0.6 is 0 Å². The van der Waals surface area contributed by atoms with Gasteiger partial charge in [-0.15, -0.1) is 10.2 Å². The molecule has 2 rings (SSSR count). The molecular weight excluding hydrogens is 142 g/mol. The smallest absolute Gasteiger partial charge is 0.201 e. The minimum Gasteiger partial charge on any atom is -0.312 e. The number of H-pyrrole nitrogens is 1. The van der Waals surface area contributed by atoms with E-state index in [1.807, 2.05) is 0 Å². The quantitative estimate of drug-likeness (QED) is 0.572. The summed E-state index contributed by atoms with van der Waals surface area (Å²) in [7, 11) is 0. The minimum absolute atomic E-state index is 0.706. The molecule has 0 aromatic carbocycles. The fourth-order valence-corrected chi connectivity index (χ4v) is 1.11. The van der Waals surface area contributed by atoms with Crippen LogP contribution in [-0.2, 0) is 0 Å². The van der Waals surface area contributed by atoms with Gasteiger partial charge in [-0.2, -0.15) is 5.21 Å². The second kappa shape index (κ2) is 2.79. The van der Waals surface area contributed by atoms with E-state index in [1.54, 1.807) is 0 Å². The van der Waals surface area contributed by atoms with Gasteiger partial charge in [0.15, 0.2) is 0 Å². The van der Waals surface area contributed by atoms with Crippen LogP contribution in [0.15, 0.2) is 6.08 Å². The van der Waals surface area contributed by atoms with Crippen molar-refractivity contribution in [2.24, 2.45) is 0 Å². The van der Waals surface area contributed by atoms with E-state index in [1.165, 1.54) is 0 Å². The van der Waals surface area contributed by atoms with Crippen molar-refractivity contribution >= 4 is 5.57 Å². The lowest BCUT2D eigenvalue weighted by atomic mass is 10.1. The lowest BCUT2D eigenvalue weighted by Gasteiger charge is -2.09. The molecule has 0 spiro atoms. The first-order valence-electron chi connectivity index (χ1n) is 3.60. The van der Waals surface area contributed by atoms with Crippen molar-refractivity contribution in [3.63, 3.8) is 0 Å². The Hall–Kier alpha value is -1.23. The molecule has 0 fully saturated rings. The third-order valence-electron chi connectivity index (χ3n) is 1.66. The van der Waals surface area contributed by atoms with Gasteiger partial charge in [0.2, 0.25) is 5.82 Å². The lowest BCUT2D eigenvalue weighted by Crippen LogP contribution is -2.21. The van der Waals surface area contributed by atoms with E-state index in [-0.39, 0.29) is 0 Å². The van der Waals surface area contributed by atoms with E-state index < -0.39 is 0 Å². The van der Waals surface area contributed by atoms with E-state index in [0.717, 1.165) is 25.1 Å². The summed E-state index contributed by atoms with van der Waals surface area (Å²) in [6.07, 6.45) is 3.19. The summed E-state index contributed by atoms with van der Waals surface area (Å²) in [6, 6.07) is 0. The van der Waals surface area contributed by atoms with Gasteiger partial charge in [-0.25, -0.2) is 0 Å². The molecule has 0 saturated heterocycles. The molecule has 11 heavy (non-hydrogen) atoms. The van der Waals surface area contributed by atoms with Gasteiger partial charge >= 0.3 is 0 Å². The predicted molar refractivity (Wildman–Crippen MR) is 39.6 cm³/mol. The zero-order valence-electron chi connectivity index (χ0n) is 6.04. The molecule has 0 bridgehead atoms. The monoisotopic (exact) mass is 151 g/mol. The van der Waals surface area contributed by atoms with Crippen LogP contribution in [0, 0.1) is 0 Å². The Balaban J connectivity index is 2.22. The summed E-state index contributed by atoms with van der Waals surface area (Å²) >= 11 is 0. The molecule has 0 amide bonds. The number of tetrazole rings is 1. The number of rotatable bonds is 1. The van der Waals surface area contributed by atoms with E-state index in [4.69, 9.17) is 0 Å². The van der Waals surface area contributed by atoms with Crippen LogP contribution in [0.2, 0.25) is 0 Å². The fourth-order valence-electron chi connectivity index (χ4n) is 1.11. The fraction of sp³-hybridized carbons (Fsp3) is 0.500. The molecular formula is C6H9N5. The first-order valence-corrected chi connectivity index (χ1v) is 3.60. The molecule has 1 aliphatic rings. The van der Waals surface area contributed by atoms with Gasteiger partial charge in [-0.05, 0) is 18.2 Å². The first-order chi connectivity index (χ1) is 5.47. The highest BCUT2D eigenvalue weighted by atomic mass is 15.5. The van der Waals surface area contributed by atoms with Crippen LogP contribution in [0.5, 0.6) is 0 Å². The number of aromatic nitrogens is 4. The predicted octanol–water partition coefficient (Wildman–Crippen LogP) is -0.424. The van der Waals surface area contributed by atoms with Crippen molar-refractivity contribution in [1.82, 2.24) is 25.9 Å². The molecule has 2 heterocycles. The molecule has 0 aliphatic carbocycles. The van der Waals surface area contributed by atoms with Crippen LogP contribution in [0.25, 0.3) is 5.57 Å². The Bertz CT molecular complexity index is 250.